The lowest BCUT2D eigenvalue weighted by molar-refractivity contribution is -0.0584. The lowest BCUT2D eigenvalue weighted by atomic mass is 10.0. The third-order valence-corrected chi connectivity index (χ3v) is 3.92. The van der Waals surface area contributed by atoms with Gasteiger partial charge in [-0.3, -0.25) is 0 Å². The molecule has 0 atom stereocenters. The van der Waals surface area contributed by atoms with Gasteiger partial charge in [0, 0.05) is 44.2 Å². The van der Waals surface area contributed by atoms with Gasteiger partial charge < -0.3 is 10.2 Å². The third kappa shape index (κ3) is 4.35. The van der Waals surface area contributed by atoms with E-state index in [9.17, 15) is 17.6 Å². The van der Waals surface area contributed by atoms with E-state index in [2.05, 4.69) is 21.3 Å². The third-order valence-electron chi connectivity index (χ3n) is 3.92. The lowest BCUT2D eigenvalue weighted by Gasteiger charge is -2.28. The fourth-order valence-electron chi connectivity index (χ4n) is 2.63. The Balaban J connectivity index is 1.92. The highest BCUT2D eigenvalue weighted by atomic mass is 19.4. The molecule has 0 radical (unpaired) electrons. The first-order valence-electron chi connectivity index (χ1n) is 7.82. The molecule has 0 amide bonds. The fourth-order valence-corrected chi connectivity index (χ4v) is 2.63. The van der Waals surface area contributed by atoms with Gasteiger partial charge in [-0.15, -0.1) is 15.9 Å². The number of halogens is 4. The monoisotopic (exact) mass is 352 g/mol. The van der Waals surface area contributed by atoms with Gasteiger partial charge in [0.15, 0.2) is 11.5 Å². The van der Waals surface area contributed by atoms with Gasteiger partial charge in [0.25, 0.3) is 0 Å². The summed E-state index contributed by atoms with van der Waals surface area (Å²) in [6, 6.07) is 5.31. The molecule has 2 heterocycles. The number of amidine groups is 1. The van der Waals surface area contributed by atoms with E-state index in [-0.39, 0.29) is 12.0 Å². The van der Waals surface area contributed by atoms with E-state index in [0.29, 0.717) is 24.5 Å². The molecule has 132 valence electrons. The molecular formula is C17H16F4N4. The van der Waals surface area contributed by atoms with E-state index < -0.39 is 17.7 Å². The minimum absolute atomic E-state index is 0.0561. The van der Waals surface area contributed by atoms with Crippen LogP contribution in [0.1, 0.15) is 5.56 Å². The highest BCUT2D eigenvalue weighted by Crippen LogP contribution is 2.25. The van der Waals surface area contributed by atoms with Crippen molar-refractivity contribution in [2.24, 2.45) is 10.2 Å². The summed E-state index contributed by atoms with van der Waals surface area (Å²) in [6.45, 7) is 2.74. The van der Waals surface area contributed by atoms with Gasteiger partial charge in [-0.2, -0.15) is 13.2 Å². The minimum Gasteiger partial charge on any atom is -0.352 e. The quantitative estimate of drug-likeness (QED) is 0.657. The molecule has 1 N–H and O–H groups in total. The van der Waals surface area contributed by atoms with Crippen molar-refractivity contribution in [2.45, 2.75) is 12.6 Å². The Hall–Kier alpha value is -2.44. The van der Waals surface area contributed by atoms with Gasteiger partial charge in [-0.25, -0.2) is 4.39 Å². The maximum absolute atomic E-state index is 13.3. The zero-order chi connectivity index (χ0) is 17.9. The molecule has 2 aliphatic rings. The van der Waals surface area contributed by atoms with Crippen LogP contribution < -0.4 is 5.32 Å². The highest BCUT2D eigenvalue weighted by Gasteiger charge is 2.39. The molecule has 0 saturated carbocycles. The van der Waals surface area contributed by atoms with E-state index in [1.165, 1.54) is 30.3 Å². The first kappa shape index (κ1) is 17.4. The van der Waals surface area contributed by atoms with E-state index in [4.69, 9.17) is 0 Å². The molecule has 0 aromatic heterocycles. The standard InChI is InChI=1S/C17H16F4N4/c18-14-4-1-12(2-5-14)11-13-3-6-15(25-9-7-22-8-10-25)23-24-16(13)17(19,20)21/h1-2,4-6,22H,7-11H2. The number of hydrogen-bond acceptors (Lipinski definition) is 4. The van der Waals surface area contributed by atoms with E-state index in [0.717, 1.165) is 13.1 Å². The van der Waals surface area contributed by atoms with Crippen molar-refractivity contribution in [3.63, 3.8) is 0 Å². The van der Waals surface area contributed by atoms with Crippen LogP contribution in [0.15, 0.2) is 51.8 Å². The van der Waals surface area contributed by atoms with Crippen LogP contribution in [-0.2, 0) is 6.42 Å². The van der Waals surface area contributed by atoms with Gasteiger partial charge in [0.05, 0.1) is 0 Å². The molecule has 0 bridgehead atoms. The SMILES string of the molecule is Fc1ccc(CC2=C=CC(N3CCNCC3)=NN=C2C(F)(F)F)cc1. The molecule has 4 nitrogen and oxygen atoms in total. The average molecular weight is 352 g/mol. The molecule has 8 heteroatoms. The fraction of sp³-hybridized carbons (Fsp3) is 0.353. The van der Waals surface area contributed by atoms with Crippen LogP contribution >= 0.6 is 0 Å². The predicted octanol–water partition coefficient (Wildman–Crippen LogP) is 2.69. The molecule has 0 aliphatic carbocycles. The van der Waals surface area contributed by atoms with Crippen molar-refractivity contribution in [1.29, 1.82) is 0 Å². The normalized spacial score (nSPS) is 18.4. The van der Waals surface area contributed by atoms with Crippen molar-refractivity contribution >= 4 is 11.5 Å². The van der Waals surface area contributed by atoms with Crippen LogP contribution in [0.5, 0.6) is 0 Å². The van der Waals surface area contributed by atoms with E-state index >= 15 is 0 Å². The topological polar surface area (TPSA) is 40.0 Å². The van der Waals surface area contributed by atoms with Crippen LogP contribution in [0.3, 0.4) is 0 Å². The molecule has 3 rings (SSSR count). The first-order chi connectivity index (χ1) is 11.9. The smallest absolute Gasteiger partial charge is 0.352 e. The molecule has 0 unspecified atom stereocenters. The molecule has 1 saturated heterocycles. The van der Waals surface area contributed by atoms with E-state index in [1.807, 2.05) is 4.90 Å². The Bertz CT molecular complexity index is 750. The predicted molar refractivity (Wildman–Crippen MR) is 87.1 cm³/mol. The molecule has 0 spiro atoms. The Kier molecular flexibility index (Phi) is 5.01. The van der Waals surface area contributed by atoms with Crippen molar-refractivity contribution in [3.8, 4) is 0 Å². The highest BCUT2D eigenvalue weighted by molar-refractivity contribution is 6.06. The average Bonchev–Trinajstić information content (AvgIpc) is 2.80. The number of hydrogen-bond donors (Lipinski definition) is 1. The second kappa shape index (κ2) is 7.21. The Morgan fingerprint density at radius 3 is 2.40 bits per heavy atom. The number of rotatable bonds is 2. The maximum Gasteiger partial charge on any atom is 0.436 e. The number of piperazine rings is 1. The largest absolute Gasteiger partial charge is 0.436 e. The summed E-state index contributed by atoms with van der Waals surface area (Å²) in [5.74, 6) is -0.0828. The molecule has 1 fully saturated rings. The van der Waals surface area contributed by atoms with Crippen molar-refractivity contribution < 1.29 is 17.6 Å². The second-order valence-corrected chi connectivity index (χ2v) is 5.71. The van der Waals surface area contributed by atoms with Crippen LogP contribution in [0.4, 0.5) is 17.6 Å². The molecule has 25 heavy (non-hydrogen) atoms. The molecule has 2 aliphatic heterocycles. The summed E-state index contributed by atoms with van der Waals surface area (Å²) in [6.07, 6.45) is -3.26. The van der Waals surface area contributed by atoms with Crippen molar-refractivity contribution in [3.05, 3.63) is 53.0 Å². The summed E-state index contributed by atoms with van der Waals surface area (Å²) >= 11 is 0. The van der Waals surface area contributed by atoms with Gasteiger partial charge in [-0.1, -0.05) is 12.1 Å². The van der Waals surface area contributed by atoms with Gasteiger partial charge >= 0.3 is 6.18 Å². The number of nitrogens with one attached hydrogen (secondary N) is 1. The summed E-state index contributed by atoms with van der Waals surface area (Å²) < 4.78 is 53.0. The molecule has 1 aromatic rings. The van der Waals surface area contributed by atoms with Crippen molar-refractivity contribution in [1.82, 2.24) is 10.2 Å². The van der Waals surface area contributed by atoms with Gasteiger partial charge in [-0.05, 0) is 17.7 Å². The van der Waals surface area contributed by atoms with Gasteiger partial charge in [0.2, 0.25) is 0 Å². The summed E-state index contributed by atoms with van der Waals surface area (Å²) in [5.41, 5.74) is 2.06. The van der Waals surface area contributed by atoms with Crippen LogP contribution in [0.2, 0.25) is 0 Å². The van der Waals surface area contributed by atoms with Crippen LogP contribution in [0, 0.1) is 5.82 Å². The van der Waals surface area contributed by atoms with Gasteiger partial charge in [0.1, 0.15) is 5.82 Å². The molecule has 1 aromatic carbocycles. The molecular weight excluding hydrogens is 336 g/mol. The zero-order valence-electron chi connectivity index (χ0n) is 13.3. The summed E-state index contributed by atoms with van der Waals surface area (Å²) in [5, 5.41) is 10.4. The summed E-state index contributed by atoms with van der Waals surface area (Å²) in [4.78, 5) is 1.86. The number of alkyl halides is 3. The number of nitrogens with zero attached hydrogens (tertiary/aromatic N) is 3. The first-order valence-corrected chi connectivity index (χ1v) is 7.82. The van der Waals surface area contributed by atoms with Crippen LogP contribution in [-0.4, -0.2) is 48.8 Å². The summed E-state index contributed by atoms with van der Waals surface area (Å²) in [7, 11) is 0. The van der Waals surface area contributed by atoms with E-state index in [1.54, 1.807) is 0 Å². The van der Waals surface area contributed by atoms with Crippen LogP contribution in [0.25, 0.3) is 0 Å². The van der Waals surface area contributed by atoms with Crippen molar-refractivity contribution in [2.75, 3.05) is 26.2 Å². The second-order valence-electron chi connectivity index (χ2n) is 5.71. The maximum atomic E-state index is 13.3. The Morgan fingerprint density at radius 2 is 1.76 bits per heavy atom. The Labute approximate surface area is 142 Å². The Morgan fingerprint density at radius 1 is 1.08 bits per heavy atom. The number of benzene rings is 1. The lowest BCUT2D eigenvalue weighted by Crippen LogP contribution is -2.45. The zero-order valence-corrected chi connectivity index (χ0v) is 13.3. The minimum atomic E-state index is -4.64.